The smallest absolute Gasteiger partial charge is 0.135 e. The van der Waals surface area contributed by atoms with Gasteiger partial charge in [-0.15, -0.1) is 48.1 Å². The standard InChI is InChI=1S/C62H47N4O.Pt/c1-61(2,3)45-36-53(42-18-7-5-8-19-42)60(54(37-45)43-20-9-6-10-21-43)65-35-34-64(41-65)46-22-17-23-47(39-46)67-48-30-31-52-51-26-13-16-29-57(51)66(58(52)40-48)59-38-44(32-33-63-59)62(4)55-27-14-11-24-49(55)50-25-12-15-28-56(50)62;/h5-38,41H,1-4H3;/q-3;. The van der Waals surface area contributed by atoms with Crippen LogP contribution in [0.3, 0.4) is 0 Å². The van der Waals surface area contributed by atoms with E-state index in [-0.39, 0.29) is 31.9 Å². The predicted molar refractivity (Wildman–Crippen MR) is 275 cm³/mol. The number of fused-ring (bicyclic) bond motifs is 6. The van der Waals surface area contributed by atoms with Crippen LogP contribution in [-0.4, -0.2) is 9.55 Å². The minimum Gasteiger partial charge on any atom is -0.509 e. The van der Waals surface area contributed by atoms with Crippen molar-refractivity contribution in [1.82, 2.24) is 9.55 Å². The number of anilines is 2. The molecule has 0 fully saturated rings. The largest absolute Gasteiger partial charge is 0.509 e. The summed E-state index contributed by atoms with van der Waals surface area (Å²) in [5.41, 5.74) is 15.8. The van der Waals surface area contributed by atoms with Crippen LogP contribution in [0, 0.1) is 18.8 Å². The number of rotatable bonds is 8. The second kappa shape index (κ2) is 17.0. The van der Waals surface area contributed by atoms with Crippen LogP contribution >= 0.6 is 0 Å². The van der Waals surface area contributed by atoms with E-state index in [1.54, 1.807) is 0 Å². The molecule has 0 amide bonds. The van der Waals surface area contributed by atoms with Gasteiger partial charge in [0.1, 0.15) is 5.82 Å². The van der Waals surface area contributed by atoms with Crippen molar-refractivity contribution in [2.45, 2.75) is 38.5 Å². The second-order valence-corrected chi connectivity index (χ2v) is 18.7. The maximum Gasteiger partial charge on any atom is 0.135 e. The van der Waals surface area contributed by atoms with E-state index in [4.69, 9.17) is 9.72 Å². The van der Waals surface area contributed by atoms with Crippen molar-refractivity contribution < 1.29 is 25.8 Å². The molecule has 0 radical (unpaired) electrons. The Morgan fingerprint density at radius 1 is 0.559 bits per heavy atom. The minimum absolute atomic E-state index is 0. The van der Waals surface area contributed by atoms with Crippen molar-refractivity contribution in [2.24, 2.45) is 0 Å². The van der Waals surface area contributed by atoms with Crippen molar-refractivity contribution >= 4 is 33.2 Å². The molecule has 0 saturated carbocycles. The van der Waals surface area contributed by atoms with Gasteiger partial charge in [0.2, 0.25) is 0 Å². The van der Waals surface area contributed by atoms with Crippen LogP contribution < -0.4 is 14.5 Å². The number of pyridine rings is 1. The van der Waals surface area contributed by atoms with E-state index in [2.05, 4.69) is 243 Å². The first-order chi connectivity index (χ1) is 32.7. The van der Waals surface area contributed by atoms with Gasteiger partial charge in [-0.3, -0.25) is 0 Å². The monoisotopic (exact) mass is 1060 g/mol. The number of benzene rings is 8. The Bertz CT molecular complexity index is 3450. The summed E-state index contributed by atoms with van der Waals surface area (Å²) < 4.78 is 8.88. The van der Waals surface area contributed by atoms with E-state index >= 15 is 0 Å². The Morgan fingerprint density at radius 3 is 1.84 bits per heavy atom. The van der Waals surface area contributed by atoms with E-state index in [0.29, 0.717) is 11.5 Å². The first-order valence-electron chi connectivity index (χ1n) is 22.9. The number of hydrogen-bond donors (Lipinski definition) is 0. The molecule has 10 aromatic rings. The normalized spacial score (nSPS) is 13.7. The summed E-state index contributed by atoms with van der Waals surface area (Å²) in [6.07, 6.45) is 6.15. The maximum atomic E-state index is 6.66. The quantitative estimate of drug-likeness (QED) is 0.142. The van der Waals surface area contributed by atoms with E-state index in [0.717, 1.165) is 39.0 Å². The van der Waals surface area contributed by atoms with Gasteiger partial charge in [-0.1, -0.05) is 154 Å². The predicted octanol–water partition coefficient (Wildman–Crippen LogP) is 15.5. The van der Waals surface area contributed by atoms with Gasteiger partial charge in [0, 0.05) is 66.5 Å². The van der Waals surface area contributed by atoms with Crippen LogP contribution in [0.15, 0.2) is 207 Å². The fraction of sp³-hybridized carbons (Fsp3) is 0.0968. The van der Waals surface area contributed by atoms with Crippen LogP contribution in [0.2, 0.25) is 0 Å². The van der Waals surface area contributed by atoms with Crippen molar-refractivity contribution in [3.8, 4) is 50.7 Å². The third kappa shape index (κ3) is 7.25. The molecule has 0 spiro atoms. The molecule has 5 nitrogen and oxygen atoms in total. The summed E-state index contributed by atoms with van der Waals surface area (Å²) in [5, 5.41) is 2.21. The van der Waals surface area contributed by atoms with Gasteiger partial charge in [-0.25, -0.2) is 4.98 Å². The van der Waals surface area contributed by atoms with Crippen LogP contribution in [0.4, 0.5) is 11.4 Å². The zero-order valence-electron chi connectivity index (χ0n) is 38.2. The first-order valence-corrected chi connectivity index (χ1v) is 22.9. The number of hydrogen-bond acceptors (Lipinski definition) is 4. The Morgan fingerprint density at radius 2 is 1.16 bits per heavy atom. The second-order valence-electron chi connectivity index (χ2n) is 18.7. The van der Waals surface area contributed by atoms with Crippen LogP contribution in [0.1, 0.15) is 49.9 Å². The molecule has 1 aliphatic heterocycles. The van der Waals surface area contributed by atoms with Gasteiger partial charge in [0.05, 0.1) is 0 Å². The molecule has 0 atom stereocenters. The van der Waals surface area contributed by atoms with Gasteiger partial charge in [-0.05, 0) is 105 Å². The molecule has 8 aromatic carbocycles. The van der Waals surface area contributed by atoms with Crippen molar-refractivity contribution in [3.63, 3.8) is 0 Å². The molecular weight excluding hydrogens is 1010 g/mol. The first kappa shape index (κ1) is 43.1. The maximum absolute atomic E-state index is 6.66. The third-order valence-corrected chi connectivity index (χ3v) is 13.6. The number of para-hydroxylation sites is 1. The van der Waals surface area contributed by atoms with Gasteiger partial charge in [0.25, 0.3) is 0 Å². The molecule has 0 saturated heterocycles. The topological polar surface area (TPSA) is 33.5 Å². The van der Waals surface area contributed by atoms with E-state index in [1.807, 2.05) is 24.4 Å². The molecule has 0 bridgehead atoms. The molecule has 0 unspecified atom stereocenters. The van der Waals surface area contributed by atoms with E-state index in [1.165, 1.54) is 55.6 Å². The van der Waals surface area contributed by atoms with Crippen molar-refractivity contribution in [2.75, 3.05) is 9.80 Å². The molecule has 0 N–H and O–H groups in total. The summed E-state index contributed by atoms with van der Waals surface area (Å²) in [6.45, 7) is 11.3. The molecule has 3 heterocycles. The SMILES string of the molecule is CC(C)(C)c1cc(-c2ccccc2)c(N2C=CN(c3[c-]c(Oc4[c-]c5c(cc4)c4ccccc4n5-c4cc(C5(C)c6ccccc6-c6ccccc65)ccn4)ccc3)[CH-]2)c(-c2ccccc2)c1.[Pt]. The Balaban J connectivity index is 0.00000507. The minimum atomic E-state index is -0.354. The molecule has 334 valence electrons. The Hall–Kier alpha value is -7.46. The van der Waals surface area contributed by atoms with E-state index < -0.39 is 0 Å². The molecule has 6 heteroatoms. The van der Waals surface area contributed by atoms with Crippen molar-refractivity contribution in [1.29, 1.82) is 0 Å². The van der Waals surface area contributed by atoms with Gasteiger partial charge in [-0.2, -0.15) is 12.1 Å². The van der Waals surface area contributed by atoms with Gasteiger partial charge in [0.15, 0.2) is 0 Å². The molecule has 12 rings (SSSR count). The van der Waals surface area contributed by atoms with Crippen LogP contribution in [0.25, 0.3) is 61.0 Å². The van der Waals surface area contributed by atoms with Crippen LogP contribution in [-0.2, 0) is 31.9 Å². The summed E-state index contributed by atoms with van der Waals surface area (Å²) in [7, 11) is 0. The zero-order chi connectivity index (χ0) is 45.3. The number of nitrogens with zero attached hydrogens (tertiary/aromatic N) is 4. The van der Waals surface area contributed by atoms with Crippen LogP contribution in [0.5, 0.6) is 11.5 Å². The molecular formula is C62H47N4OPt-3. The average molecular weight is 1060 g/mol. The number of aromatic nitrogens is 2. The Labute approximate surface area is 412 Å². The molecule has 2 aromatic heterocycles. The fourth-order valence-corrected chi connectivity index (χ4v) is 10.2. The average Bonchev–Trinajstić information content (AvgIpc) is 4.06. The summed E-state index contributed by atoms with van der Waals surface area (Å²) in [4.78, 5) is 9.36. The van der Waals surface area contributed by atoms with E-state index in [9.17, 15) is 0 Å². The summed E-state index contributed by atoms with van der Waals surface area (Å²) in [5.74, 6) is 2.01. The number of ether oxygens (including phenoxy) is 1. The molecule has 68 heavy (non-hydrogen) atoms. The fourth-order valence-electron chi connectivity index (χ4n) is 10.2. The summed E-state index contributed by atoms with van der Waals surface area (Å²) >= 11 is 0. The summed E-state index contributed by atoms with van der Waals surface area (Å²) in [6, 6.07) is 74.0. The van der Waals surface area contributed by atoms with Crippen molar-refractivity contribution in [3.05, 3.63) is 248 Å². The molecule has 2 aliphatic rings. The third-order valence-electron chi connectivity index (χ3n) is 13.6. The Kier molecular flexibility index (Phi) is 10.8. The zero-order valence-corrected chi connectivity index (χ0v) is 40.5. The van der Waals surface area contributed by atoms with Gasteiger partial charge < -0.3 is 19.1 Å². The molecule has 1 aliphatic carbocycles. The van der Waals surface area contributed by atoms with Gasteiger partial charge >= 0.3 is 0 Å².